The molecule has 1 rings (SSSR count). The zero-order chi connectivity index (χ0) is 12.0. The molecule has 0 unspecified atom stereocenters. The number of benzene rings is 1. The van der Waals surface area contributed by atoms with E-state index in [9.17, 15) is 9.59 Å². The number of anilines is 1. The molecule has 0 bridgehead atoms. The molecule has 0 aliphatic heterocycles. The first-order valence-electron chi connectivity index (χ1n) is 5.18. The lowest BCUT2D eigenvalue weighted by Gasteiger charge is -2.02. The van der Waals surface area contributed by atoms with Gasteiger partial charge in [0.1, 0.15) is 0 Å². The molecule has 4 heteroatoms. The Bertz CT molecular complexity index is 388. The van der Waals surface area contributed by atoms with Crippen molar-refractivity contribution in [3.63, 3.8) is 0 Å². The third-order valence-electron chi connectivity index (χ3n) is 2.07. The van der Waals surface area contributed by atoms with Gasteiger partial charge in [0.05, 0.1) is 13.0 Å². The predicted molar refractivity (Wildman–Crippen MR) is 61.1 cm³/mol. The molecular weight excluding hydrogens is 206 g/mol. The smallest absolute Gasteiger partial charge is 0.306 e. The molecule has 0 amide bonds. The van der Waals surface area contributed by atoms with E-state index in [-0.39, 0.29) is 24.6 Å². The number of hydrogen-bond donors (Lipinski definition) is 1. The molecule has 1 aromatic rings. The third kappa shape index (κ3) is 3.73. The molecule has 0 radical (unpaired) electrons. The van der Waals surface area contributed by atoms with Gasteiger partial charge in [0.15, 0.2) is 5.78 Å². The first-order chi connectivity index (χ1) is 7.63. The molecule has 0 aliphatic rings. The minimum Gasteiger partial charge on any atom is -0.466 e. The molecule has 0 heterocycles. The summed E-state index contributed by atoms with van der Waals surface area (Å²) in [6, 6.07) is 6.71. The molecule has 0 saturated heterocycles. The van der Waals surface area contributed by atoms with Crippen LogP contribution in [0.25, 0.3) is 0 Å². The van der Waals surface area contributed by atoms with Crippen LogP contribution in [0.1, 0.15) is 30.1 Å². The van der Waals surface area contributed by atoms with Crippen LogP contribution >= 0.6 is 0 Å². The monoisotopic (exact) mass is 221 g/mol. The normalized spacial score (nSPS) is 9.81. The summed E-state index contributed by atoms with van der Waals surface area (Å²) in [6.07, 6.45) is 0.268. The van der Waals surface area contributed by atoms with Crippen molar-refractivity contribution in [3.8, 4) is 0 Å². The summed E-state index contributed by atoms with van der Waals surface area (Å²) < 4.78 is 4.74. The summed E-state index contributed by atoms with van der Waals surface area (Å²) in [6.45, 7) is 2.07. The Labute approximate surface area is 94.4 Å². The summed E-state index contributed by atoms with van der Waals surface area (Å²) in [5.74, 6) is -0.444. The van der Waals surface area contributed by atoms with Gasteiger partial charge in [-0.05, 0) is 19.1 Å². The summed E-state index contributed by atoms with van der Waals surface area (Å²) in [5, 5.41) is 0. The number of hydrogen-bond acceptors (Lipinski definition) is 4. The maximum absolute atomic E-state index is 11.6. The Morgan fingerprint density at radius 1 is 1.31 bits per heavy atom. The minimum absolute atomic E-state index is 0.0969. The van der Waals surface area contributed by atoms with Crippen molar-refractivity contribution in [2.24, 2.45) is 0 Å². The van der Waals surface area contributed by atoms with Gasteiger partial charge in [0, 0.05) is 17.7 Å². The van der Waals surface area contributed by atoms with Crippen LogP contribution in [-0.4, -0.2) is 18.4 Å². The van der Waals surface area contributed by atoms with Crippen molar-refractivity contribution in [2.75, 3.05) is 12.3 Å². The van der Waals surface area contributed by atoms with Crippen molar-refractivity contribution >= 4 is 17.4 Å². The van der Waals surface area contributed by atoms with Gasteiger partial charge in [-0.1, -0.05) is 12.1 Å². The number of ketones is 1. The molecule has 0 fully saturated rings. The highest BCUT2D eigenvalue weighted by Crippen LogP contribution is 2.10. The molecule has 1 aromatic carbocycles. The molecule has 2 N–H and O–H groups in total. The van der Waals surface area contributed by atoms with Gasteiger partial charge in [-0.3, -0.25) is 9.59 Å². The van der Waals surface area contributed by atoms with Gasteiger partial charge in [-0.2, -0.15) is 0 Å². The average Bonchev–Trinajstić information content (AvgIpc) is 2.26. The van der Waals surface area contributed by atoms with E-state index in [1.807, 2.05) is 0 Å². The Kier molecular flexibility index (Phi) is 4.51. The van der Waals surface area contributed by atoms with E-state index in [1.54, 1.807) is 31.2 Å². The zero-order valence-electron chi connectivity index (χ0n) is 9.23. The largest absolute Gasteiger partial charge is 0.466 e. The van der Waals surface area contributed by atoms with Gasteiger partial charge in [0.2, 0.25) is 0 Å². The predicted octanol–water partition coefficient (Wildman–Crippen LogP) is 1.79. The number of rotatable bonds is 5. The van der Waals surface area contributed by atoms with Gasteiger partial charge in [-0.25, -0.2) is 0 Å². The number of carbonyl (C=O) groups excluding carboxylic acids is 2. The summed E-state index contributed by atoms with van der Waals surface area (Å²) in [7, 11) is 0. The van der Waals surface area contributed by atoms with E-state index in [0.717, 1.165) is 0 Å². The van der Waals surface area contributed by atoms with Gasteiger partial charge >= 0.3 is 5.97 Å². The minimum atomic E-state index is -0.347. The average molecular weight is 221 g/mol. The van der Waals surface area contributed by atoms with E-state index in [0.29, 0.717) is 17.9 Å². The van der Waals surface area contributed by atoms with E-state index in [2.05, 4.69) is 0 Å². The van der Waals surface area contributed by atoms with Crippen LogP contribution in [-0.2, 0) is 9.53 Å². The van der Waals surface area contributed by atoms with Crippen molar-refractivity contribution in [3.05, 3.63) is 29.8 Å². The molecule has 0 saturated carbocycles. The highest BCUT2D eigenvalue weighted by atomic mass is 16.5. The molecule has 4 nitrogen and oxygen atoms in total. The maximum Gasteiger partial charge on any atom is 0.306 e. The quantitative estimate of drug-likeness (QED) is 0.467. The van der Waals surface area contributed by atoms with Crippen molar-refractivity contribution in [2.45, 2.75) is 19.8 Å². The molecule has 0 aromatic heterocycles. The fourth-order valence-electron chi connectivity index (χ4n) is 1.31. The van der Waals surface area contributed by atoms with Gasteiger partial charge in [-0.15, -0.1) is 0 Å². The van der Waals surface area contributed by atoms with Crippen LogP contribution in [0.15, 0.2) is 24.3 Å². The second kappa shape index (κ2) is 5.90. The third-order valence-corrected chi connectivity index (χ3v) is 2.07. The first kappa shape index (κ1) is 12.2. The Hall–Kier alpha value is -1.84. The van der Waals surface area contributed by atoms with Crippen molar-refractivity contribution < 1.29 is 14.3 Å². The first-order valence-corrected chi connectivity index (χ1v) is 5.18. The second-order valence-electron chi connectivity index (χ2n) is 3.35. The fourth-order valence-corrected chi connectivity index (χ4v) is 1.31. The molecule has 16 heavy (non-hydrogen) atoms. The van der Waals surface area contributed by atoms with E-state index in [4.69, 9.17) is 10.5 Å². The van der Waals surface area contributed by atoms with E-state index in [1.165, 1.54) is 0 Å². The lowest BCUT2D eigenvalue weighted by Crippen LogP contribution is -2.08. The number of nitrogens with two attached hydrogens (primary N) is 1. The Morgan fingerprint density at radius 3 is 2.69 bits per heavy atom. The number of esters is 1. The van der Waals surface area contributed by atoms with Crippen LogP contribution in [0.2, 0.25) is 0 Å². The Balaban J connectivity index is 2.50. The molecule has 0 atom stereocenters. The van der Waals surface area contributed by atoms with Crippen molar-refractivity contribution in [1.82, 2.24) is 0 Å². The van der Waals surface area contributed by atoms with E-state index < -0.39 is 0 Å². The fraction of sp³-hybridized carbons (Fsp3) is 0.333. The van der Waals surface area contributed by atoms with Crippen molar-refractivity contribution in [1.29, 1.82) is 0 Å². The molecule has 86 valence electrons. The van der Waals surface area contributed by atoms with Crippen LogP contribution < -0.4 is 5.73 Å². The van der Waals surface area contributed by atoms with Gasteiger partial charge < -0.3 is 10.5 Å². The number of ether oxygens (including phenoxy) is 1. The maximum atomic E-state index is 11.6. The van der Waals surface area contributed by atoms with Crippen LogP contribution in [0.3, 0.4) is 0 Å². The highest BCUT2D eigenvalue weighted by molar-refractivity contribution is 5.98. The summed E-state index contributed by atoms with van der Waals surface area (Å²) in [5.41, 5.74) is 6.63. The number of carbonyl (C=O) groups is 2. The summed E-state index contributed by atoms with van der Waals surface area (Å²) in [4.78, 5) is 22.7. The van der Waals surface area contributed by atoms with E-state index >= 15 is 0 Å². The number of nitrogen functional groups attached to an aromatic ring is 1. The standard InChI is InChI=1S/C12H15NO3/c1-2-16-12(15)7-6-11(14)9-4-3-5-10(13)8-9/h3-5,8H,2,6-7,13H2,1H3. The van der Waals surface area contributed by atoms with Gasteiger partial charge in [0.25, 0.3) is 0 Å². The highest BCUT2D eigenvalue weighted by Gasteiger charge is 2.09. The zero-order valence-corrected chi connectivity index (χ0v) is 9.23. The second-order valence-corrected chi connectivity index (χ2v) is 3.35. The van der Waals surface area contributed by atoms with Crippen LogP contribution in [0.4, 0.5) is 5.69 Å². The topological polar surface area (TPSA) is 69.4 Å². The molecular formula is C12H15NO3. The number of Topliss-reactive ketones (excluding diaryl/α,β-unsaturated/α-hetero) is 1. The molecule has 0 spiro atoms. The Morgan fingerprint density at radius 2 is 2.06 bits per heavy atom. The van der Waals surface area contributed by atoms with Crippen LogP contribution in [0, 0.1) is 0 Å². The summed E-state index contributed by atoms with van der Waals surface area (Å²) >= 11 is 0. The molecule has 0 aliphatic carbocycles. The SMILES string of the molecule is CCOC(=O)CCC(=O)c1cccc(N)c1. The van der Waals surface area contributed by atoms with Crippen LogP contribution in [0.5, 0.6) is 0 Å². The lowest BCUT2D eigenvalue weighted by molar-refractivity contribution is -0.143. The lowest BCUT2D eigenvalue weighted by atomic mass is 10.1.